The third-order valence-electron chi connectivity index (χ3n) is 6.33. The average Bonchev–Trinajstić information content (AvgIpc) is 2.84. The molecule has 182 valence electrons. The molecule has 33 heavy (non-hydrogen) atoms. The van der Waals surface area contributed by atoms with Crippen LogP contribution in [0.5, 0.6) is 0 Å². The van der Waals surface area contributed by atoms with E-state index in [-0.39, 0.29) is 54.1 Å². The predicted molar refractivity (Wildman–Crippen MR) is 121 cm³/mol. The van der Waals surface area contributed by atoms with E-state index in [1.54, 1.807) is 49.2 Å². The second-order valence-electron chi connectivity index (χ2n) is 8.62. The quantitative estimate of drug-likeness (QED) is 0.547. The number of esters is 1. The maximum Gasteiger partial charge on any atom is 0.310 e. The molecule has 1 aromatic rings. The highest BCUT2D eigenvalue weighted by Gasteiger charge is 2.34. The number of ether oxygens (including phenoxy) is 1. The normalized spacial score (nSPS) is 20.3. The van der Waals surface area contributed by atoms with E-state index in [9.17, 15) is 22.8 Å². The van der Waals surface area contributed by atoms with E-state index in [0.717, 1.165) is 6.42 Å². The highest BCUT2D eigenvalue weighted by Crippen LogP contribution is 2.25. The summed E-state index contributed by atoms with van der Waals surface area (Å²) in [4.78, 5) is 41.0. The Kier molecular flexibility index (Phi) is 8.47. The first-order chi connectivity index (χ1) is 15.7. The van der Waals surface area contributed by atoms with Gasteiger partial charge in [0.1, 0.15) is 0 Å². The minimum Gasteiger partial charge on any atom is -0.466 e. The molecule has 10 heteroatoms. The molecular weight excluding hydrogens is 446 g/mol. The number of nitrogens with zero attached hydrogens (tertiary/aromatic N) is 3. The Balaban J connectivity index is 1.50. The fraction of sp³-hybridized carbons (Fsp3) is 0.609. The second kappa shape index (κ2) is 11.1. The molecule has 3 rings (SSSR count). The highest BCUT2D eigenvalue weighted by atomic mass is 32.2. The molecule has 0 aliphatic carbocycles. The molecule has 2 fully saturated rings. The topological polar surface area (TPSA) is 104 Å². The van der Waals surface area contributed by atoms with E-state index >= 15 is 0 Å². The van der Waals surface area contributed by atoms with Crippen LogP contribution in [0.25, 0.3) is 0 Å². The summed E-state index contributed by atoms with van der Waals surface area (Å²) in [5.74, 6) is -1.27. The molecule has 2 aliphatic rings. The van der Waals surface area contributed by atoms with Crippen molar-refractivity contribution in [3.8, 4) is 0 Å². The lowest BCUT2D eigenvalue weighted by Crippen LogP contribution is -2.49. The highest BCUT2D eigenvalue weighted by molar-refractivity contribution is 7.89. The van der Waals surface area contributed by atoms with E-state index in [0.29, 0.717) is 39.0 Å². The first kappa shape index (κ1) is 25.2. The fourth-order valence-electron chi connectivity index (χ4n) is 4.43. The lowest BCUT2D eigenvalue weighted by atomic mass is 9.96. The Morgan fingerprint density at radius 2 is 1.70 bits per heavy atom. The van der Waals surface area contributed by atoms with Gasteiger partial charge in [0.25, 0.3) is 0 Å². The van der Waals surface area contributed by atoms with Crippen LogP contribution in [0.3, 0.4) is 0 Å². The zero-order valence-electron chi connectivity index (χ0n) is 19.3. The van der Waals surface area contributed by atoms with E-state index in [2.05, 4.69) is 0 Å². The van der Waals surface area contributed by atoms with Crippen molar-refractivity contribution in [2.75, 3.05) is 46.4 Å². The van der Waals surface area contributed by atoms with Gasteiger partial charge in [-0.2, -0.15) is 4.31 Å². The molecule has 1 atom stereocenters. The van der Waals surface area contributed by atoms with Gasteiger partial charge in [0.2, 0.25) is 21.8 Å². The molecule has 0 spiro atoms. The monoisotopic (exact) mass is 479 g/mol. The lowest BCUT2D eigenvalue weighted by molar-refractivity contribution is -0.152. The first-order valence-electron chi connectivity index (χ1n) is 11.5. The Morgan fingerprint density at radius 3 is 2.33 bits per heavy atom. The van der Waals surface area contributed by atoms with Crippen LogP contribution < -0.4 is 0 Å². The molecule has 0 radical (unpaired) electrons. The number of sulfonamides is 1. The number of likely N-dealkylation sites (tertiary alicyclic amines) is 1. The van der Waals surface area contributed by atoms with E-state index in [1.165, 1.54) is 9.21 Å². The summed E-state index contributed by atoms with van der Waals surface area (Å²) in [7, 11) is -1.97. The summed E-state index contributed by atoms with van der Waals surface area (Å²) in [6.45, 7) is 3.42. The predicted octanol–water partition coefficient (Wildman–Crippen LogP) is 1.35. The second-order valence-corrected chi connectivity index (χ2v) is 10.6. The van der Waals surface area contributed by atoms with Crippen LogP contribution in [0.2, 0.25) is 0 Å². The van der Waals surface area contributed by atoms with Crippen molar-refractivity contribution in [1.29, 1.82) is 0 Å². The average molecular weight is 480 g/mol. The number of hydrogen-bond acceptors (Lipinski definition) is 6. The number of hydrogen-bond donors (Lipinski definition) is 0. The van der Waals surface area contributed by atoms with Crippen LogP contribution in [0.15, 0.2) is 35.2 Å². The summed E-state index contributed by atoms with van der Waals surface area (Å²) >= 11 is 0. The molecule has 2 amide bonds. The molecular formula is C23H33N3O6S. The molecule has 1 aromatic carbocycles. The van der Waals surface area contributed by atoms with Gasteiger partial charge in [-0.05, 0) is 44.7 Å². The van der Waals surface area contributed by atoms with Crippen LogP contribution in [0.4, 0.5) is 0 Å². The van der Waals surface area contributed by atoms with Crippen LogP contribution >= 0.6 is 0 Å². The number of carbonyl (C=O) groups excluding carboxylic acids is 3. The standard InChI is InChI=1S/C23H33N3O6S/c1-3-32-23(29)19-8-7-13-25(16-19)21(27)17-24(2)22(28)18-11-14-26(15-12-18)33(30,31)20-9-5-4-6-10-20/h4-6,9-10,18-19H,3,7-8,11-17H2,1-2H3. The molecule has 2 saturated heterocycles. The summed E-state index contributed by atoms with van der Waals surface area (Å²) in [5.41, 5.74) is 0. The van der Waals surface area contributed by atoms with Gasteiger partial charge in [0.05, 0.1) is 24.0 Å². The van der Waals surface area contributed by atoms with Gasteiger partial charge in [-0.1, -0.05) is 18.2 Å². The molecule has 0 bridgehead atoms. The zero-order chi connectivity index (χ0) is 24.0. The first-order valence-corrected chi connectivity index (χ1v) is 12.9. The van der Waals surface area contributed by atoms with Crippen molar-refractivity contribution in [1.82, 2.24) is 14.1 Å². The smallest absolute Gasteiger partial charge is 0.310 e. The lowest BCUT2D eigenvalue weighted by Gasteiger charge is -2.34. The minimum atomic E-state index is -3.57. The van der Waals surface area contributed by atoms with Crippen LogP contribution in [-0.4, -0.2) is 86.7 Å². The van der Waals surface area contributed by atoms with Gasteiger partial charge >= 0.3 is 5.97 Å². The molecule has 2 heterocycles. The van der Waals surface area contributed by atoms with Crippen LogP contribution in [0, 0.1) is 11.8 Å². The van der Waals surface area contributed by atoms with Crippen LogP contribution in [0.1, 0.15) is 32.6 Å². The molecule has 1 unspecified atom stereocenters. The van der Waals surface area contributed by atoms with Gasteiger partial charge in [0.15, 0.2) is 0 Å². The number of benzene rings is 1. The molecule has 0 saturated carbocycles. The largest absolute Gasteiger partial charge is 0.466 e. The summed E-state index contributed by atoms with van der Waals surface area (Å²) in [6, 6.07) is 8.28. The van der Waals surface area contributed by atoms with Gasteiger partial charge in [-0.25, -0.2) is 8.42 Å². The van der Waals surface area contributed by atoms with Crippen molar-refractivity contribution in [3.05, 3.63) is 30.3 Å². The summed E-state index contributed by atoms with van der Waals surface area (Å²) in [5, 5.41) is 0. The van der Waals surface area contributed by atoms with Crippen molar-refractivity contribution in [2.45, 2.75) is 37.5 Å². The van der Waals surface area contributed by atoms with Crippen molar-refractivity contribution < 1.29 is 27.5 Å². The number of likely N-dealkylation sites (N-methyl/N-ethyl adjacent to an activating group) is 1. The van der Waals surface area contributed by atoms with E-state index < -0.39 is 10.0 Å². The Morgan fingerprint density at radius 1 is 1.03 bits per heavy atom. The van der Waals surface area contributed by atoms with Gasteiger partial charge in [0, 0.05) is 39.1 Å². The summed E-state index contributed by atoms with van der Waals surface area (Å²) < 4.78 is 32.1. The fourth-order valence-corrected chi connectivity index (χ4v) is 5.92. The number of carbonyl (C=O) groups is 3. The van der Waals surface area contributed by atoms with Crippen molar-refractivity contribution in [3.63, 3.8) is 0 Å². The van der Waals surface area contributed by atoms with Gasteiger partial charge < -0.3 is 14.5 Å². The zero-order valence-corrected chi connectivity index (χ0v) is 20.1. The Bertz CT molecular complexity index is 944. The Labute approximate surface area is 195 Å². The maximum absolute atomic E-state index is 12.9. The number of rotatable bonds is 7. The Hall–Kier alpha value is -2.46. The molecule has 0 aromatic heterocycles. The van der Waals surface area contributed by atoms with Crippen molar-refractivity contribution >= 4 is 27.8 Å². The third kappa shape index (κ3) is 6.11. The van der Waals surface area contributed by atoms with Gasteiger partial charge in [-0.15, -0.1) is 0 Å². The van der Waals surface area contributed by atoms with Crippen molar-refractivity contribution in [2.24, 2.45) is 11.8 Å². The van der Waals surface area contributed by atoms with E-state index in [4.69, 9.17) is 4.74 Å². The van der Waals surface area contributed by atoms with Gasteiger partial charge in [-0.3, -0.25) is 14.4 Å². The maximum atomic E-state index is 12.9. The molecule has 9 nitrogen and oxygen atoms in total. The number of amides is 2. The van der Waals surface area contributed by atoms with E-state index in [1.807, 2.05) is 0 Å². The number of piperidine rings is 2. The third-order valence-corrected chi connectivity index (χ3v) is 8.24. The molecule has 0 N–H and O–H groups in total. The SMILES string of the molecule is CCOC(=O)C1CCCN(C(=O)CN(C)C(=O)C2CCN(S(=O)(=O)c3ccccc3)CC2)C1. The summed E-state index contributed by atoms with van der Waals surface area (Å²) in [6.07, 6.45) is 2.25. The van der Waals surface area contributed by atoms with Crippen LogP contribution in [-0.2, 0) is 29.1 Å². The molecule has 2 aliphatic heterocycles. The minimum absolute atomic E-state index is 0.0586.